The lowest BCUT2D eigenvalue weighted by Crippen LogP contribution is -2.36. The van der Waals surface area contributed by atoms with Crippen LogP contribution in [0, 0.1) is 0 Å². The molecular weight excluding hydrogens is 492 g/mol. The first-order valence-electron chi connectivity index (χ1n) is 12.7. The minimum absolute atomic E-state index is 0.135. The number of fused-ring (bicyclic) bond motifs is 1. The Labute approximate surface area is 219 Å². The summed E-state index contributed by atoms with van der Waals surface area (Å²) in [5, 5.41) is 20.3. The SMILES string of the molecule is COC(=O)c1cn(CC2CC(O)CC(n3cc(Cc4ccc(C5CC5)cc4)c4c(Cl)cccc43)O2)nn1. The summed E-state index contributed by atoms with van der Waals surface area (Å²) in [4.78, 5) is 11.7. The Morgan fingerprint density at radius 2 is 1.97 bits per heavy atom. The molecule has 1 saturated heterocycles. The Kier molecular flexibility index (Phi) is 6.48. The molecule has 0 radical (unpaired) electrons. The van der Waals surface area contributed by atoms with Crippen LogP contribution in [0.25, 0.3) is 10.9 Å². The fourth-order valence-corrected chi connectivity index (χ4v) is 5.61. The van der Waals surface area contributed by atoms with Crippen LogP contribution < -0.4 is 0 Å². The third-order valence-corrected chi connectivity index (χ3v) is 7.62. The van der Waals surface area contributed by atoms with E-state index in [1.54, 1.807) is 4.68 Å². The highest BCUT2D eigenvalue weighted by Crippen LogP contribution is 2.40. The molecule has 2 fully saturated rings. The van der Waals surface area contributed by atoms with E-state index in [0.29, 0.717) is 24.4 Å². The van der Waals surface area contributed by atoms with Gasteiger partial charge in [0, 0.05) is 24.4 Å². The predicted octanol–water partition coefficient (Wildman–Crippen LogP) is 4.88. The minimum Gasteiger partial charge on any atom is -0.464 e. The number of rotatable bonds is 7. The Morgan fingerprint density at radius 1 is 1.16 bits per heavy atom. The van der Waals surface area contributed by atoms with Crippen LogP contribution in [0.15, 0.2) is 54.9 Å². The van der Waals surface area contributed by atoms with Gasteiger partial charge in [0.2, 0.25) is 0 Å². The van der Waals surface area contributed by atoms with Gasteiger partial charge in [-0.3, -0.25) is 0 Å². The fraction of sp³-hybridized carbons (Fsp3) is 0.393. The third-order valence-electron chi connectivity index (χ3n) is 7.30. The molecule has 1 aliphatic carbocycles. The van der Waals surface area contributed by atoms with Crippen LogP contribution in [0.5, 0.6) is 0 Å². The molecule has 4 aromatic rings. The van der Waals surface area contributed by atoms with Crippen LogP contribution in [0.1, 0.15) is 65.0 Å². The van der Waals surface area contributed by atoms with Crippen molar-refractivity contribution < 1.29 is 19.4 Å². The molecule has 3 atom stereocenters. The van der Waals surface area contributed by atoms with E-state index in [-0.39, 0.29) is 18.0 Å². The number of hydrogen-bond acceptors (Lipinski definition) is 6. The number of benzene rings is 2. The van der Waals surface area contributed by atoms with Gasteiger partial charge in [-0.15, -0.1) is 5.10 Å². The topological polar surface area (TPSA) is 91.4 Å². The number of esters is 1. The lowest BCUT2D eigenvalue weighted by atomic mass is 10.0. The van der Waals surface area contributed by atoms with E-state index >= 15 is 0 Å². The Bertz CT molecular complexity index is 1430. The van der Waals surface area contributed by atoms with E-state index in [9.17, 15) is 9.90 Å². The van der Waals surface area contributed by atoms with Crippen LogP contribution in [0.3, 0.4) is 0 Å². The average Bonchev–Trinajstić information content (AvgIpc) is 3.53. The van der Waals surface area contributed by atoms with Crippen LogP contribution in [0.2, 0.25) is 5.02 Å². The molecule has 0 amide bonds. The van der Waals surface area contributed by atoms with E-state index < -0.39 is 12.1 Å². The lowest BCUT2D eigenvalue weighted by molar-refractivity contribution is -0.132. The van der Waals surface area contributed by atoms with Gasteiger partial charge in [-0.1, -0.05) is 47.1 Å². The zero-order chi connectivity index (χ0) is 25.5. The molecule has 2 aromatic carbocycles. The van der Waals surface area contributed by atoms with Gasteiger partial charge in [-0.05, 0) is 54.0 Å². The zero-order valence-corrected chi connectivity index (χ0v) is 21.3. The van der Waals surface area contributed by atoms with Crippen LogP contribution in [0.4, 0.5) is 0 Å². The molecule has 1 saturated carbocycles. The monoisotopic (exact) mass is 520 g/mol. The van der Waals surface area contributed by atoms with Crippen molar-refractivity contribution in [2.24, 2.45) is 0 Å². The number of carbonyl (C=O) groups is 1. The first-order chi connectivity index (χ1) is 18.0. The van der Waals surface area contributed by atoms with Crippen molar-refractivity contribution in [2.75, 3.05) is 7.11 Å². The summed E-state index contributed by atoms with van der Waals surface area (Å²) in [6.45, 7) is 0.359. The smallest absolute Gasteiger partial charge is 0.360 e. The summed E-state index contributed by atoms with van der Waals surface area (Å²) < 4.78 is 14.8. The molecule has 2 aliphatic rings. The highest BCUT2D eigenvalue weighted by atomic mass is 35.5. The first-order valence-corrected chi connectivity index (χ1v) is 13.0. The van der Waals surface area contributed by atoms with Crippen LogP contribution >= 0.6 is 11.6 Å². The van der Waals surface area contributed by atoms with Crippen molar-refractivity contribution in [2.45, 2.75) is 63.0 Å². The number of halogens is 1. The number of ether oxygens (including phenoxy) is 2. The van der Waals surface area contributed by atoms with Crippen molar-refractivity contribution >= 4 is 28.5 Å². The maximum absolute atomic E-state index is 11.7. The van der Waals surface area contributed by atoms with E-state index in [2.05, 4.69) is 45.3 Å². The van der Waals surface area contributed by atoms with Crippen molar-refractivity contribution in [3.8, 4) is 0 Å². The second-order valence-electron chi connectivity index (χ2n) is 10.0. The number of methoxy groups -OCH3 is 1. The molecule has 0 spiro atoms. The first kappa shape index (κ1) is 24.2. The zero-order valence-electron chi connectivity index (χ0n) is 20.6. The fourth-order valence-electron chi connectivity index (χ4n) is 5.32. The van der Waals surface area contributed by atoms with Gasteiger partial charge < -0.3 is 19.1 Å². The molecule has 9 heteroatoms. The third kappa shape index (κ3) is 5.01. The summed E-state index contributed by atoms with van der Waals surface area (Å²) in [6.07, 6.45) is 6.68. The van der Waals surface area contributed by atoms with Crippen molar-refractivity contribution in [3.05, 3.63) is 82.3 Å². The van der Waals surface area contributed by atoms with Gasteiger partial charge in [-0.2, -0.15) is 0 Å². The Balaban J connectivity index is 1.26. The second-order valence-corrected chi connectivity index (χ2v) is 10.5. The van der Waals surface area contributed by atoms with Crippen molar-refractivity contribution in [3.63, 3.8) is 0 Å². The summed E-state index contributed by atoms with van der Waals surface area (Å²) in [6, 6.07) is 14.8. The van der Waals surface area contributed by atoms with Gasteiger partial charge in [0.05, 0.1) is 42.6 Å². The Morgan fingerprint density at radius 3 is 2.73 bits per heavy atom. The maximum Gasteiger partial charge on any atom is 0.360 e. The minimum atomic E-state index is -0.542. The highest BCUT2D eigenvalue weighted by molar-refractivity contribution is 6.35. The largest absolute Gasteiger partial charge is 0.464 e. The van der Waals surface area contributed by atoms with E-state index in [1.807, 2.05) is 18.2 Å². The summed E-state index contributed by atoms with van der Waals surface area (Å²) in [7, 11) is 1.30. The van der Waals surface area contributed by atoms with Crippen LogP contribution in [-0.2, 0) is 22.4 Å². The molecule has 3 unspecified atom stereocenters. The molecule has 0 bridgehead atoms. The molecule has 6 rings (SSSR count). The molecule has 37 heavy (non-hydrogen) atoms. The molecular formula is C28H29ClN4O4. The second kappa shape index (κ2) is 9.93. The van der Waals surface area contributed by atoms with Crippen molar-refractivity contribution in [1.82, 2.24) is 19.6 Å². The highest BCUT2D eigenvalue weighted by Gasteiger charge is 2.31. The standard InChI is InChI=1S/C28H29ClN4O4/c1-36-28(35)24-16-32(31-30-24)15-22-12-21(34)13-26(37-22)33-14-20(27-23(29)3-2-4-25(27)33)11-17-5-7-18(8-6-17)19-9-10-19/h2-8,14,16,19,21-22,26,34H,9-13,15H2,1H3. The normalized spacial score (nSPS) is 21.9. The Hall–Kier alpha value is -3.20. The van der Waals surface area contributed by atoms with E-state index in [1.165, 1.54) is 37.3 Å². The van der Waals surface area contributed by atoms with Gasteiger partial charge in [0.25, 0.3) is 0 Å². The number of aromatic nitrogens is 4. The summed E-state index contributed by atoms with van der Waals surface area (Å²) in [5.41, 5.74) is 4.89. The predicted molar refractivity (Wildman–Crippen MR) is 139 cm³/mol. The number of nitrogens with zero attached hydrogens (tertiary/aromatic N) is 4. The molecule has 2 aromatic heterocycles. The van der Waals surface area contributed by atoms with Gasteiger partial charge in [0.1, 0.15) is 6.23 Å². The van der Waals surface area contributed by atoms with E-state index in [4.69, 9.17) is 21.1 Å². The number of carbonyl (C=O) groups excluding carboxylic acids is 1. The van der Waals surface area contributed by atoms with Gasteiger partial charge in [0.15, 0.2) is 5.69 Å². The van der Waals surface area contributed by atoms with E-state index in [0.717, 1.165) is 28.8 Å². The molecule has 192 valence electrons. The molecule has 8 nitrogen and oxygen atoms in total. The average molecular weight is 521 g/mol. The molecule has 1 aliphatic heterocycles. The molecule has 1 N–H and O–H groups in total. The number of hydrogen-bond donors (Lipinski definition) is 1. The summed E-state index contributed by atoms with van der Waals surface area (Å²) >= 11 is 6.70. The van der Waals surface area contributed by atoms with Gasteiger partial charge in [-0.25, -0.2) is 9.48 Å². The van der Waals surface area contributed by atoms with Crippen molar-refractivity contribution in [1.29, 1.82) is 0 Å². The van der Waals surface area contributed by atoms with Gasteiger partial charge >= 0.3 is 5.97 Å². The summed E-state index contributed by atoms with van der Waals surface area (Å²) in [5.74, 6) is 0.192. The lowest BCUT2D eigenvalue weighted by Gasteiger charge is -2.34. The number of aliphatic hydroxyl groups is 1. The van der Waals surface area contributed by atoms with Crippen LogP contribution in [-0.4, -0.2) is 50.0 Å². The maximum atomic E-state index is 11.7. The molecule has 3 heterocycles. The number of aliphatic hydroxyl groups excluding tert-OH is 1. The quantitative estimate of drug-likeness (QED) is 0.349.